The first kappa shape index (κ1) is 9.47. The minimum Gasteiger partial charge on any atom is -0.337 e. The largest absolute Gasteiger partial charge is 0.337 e. The summed E-state index contributed by atoms with van der Waals surface area (Å²) in [5.74, 6) is 1.29. The Balaban J connectivity index is 1.87. The maximum Gasteiger partial charge on any atom is 0.244 e. The van der Waals surface area contributed by atoms with Crippen molar-refractivity contribution < 1.29 is 4.52 Å². The van der Waals surface area contributed by atoms with Crippen molar-refractivity contribution in [1.29, 1.82) is 0 Å². The highest BCUT2D eigenvalue weighted by atomic mass is 16.5. The lowest BCUT2D eigenvalue weighted by atomic mass is 10.2. The van der Waals surface area contributed by atoms with E-state index in [1.807, 2.05) is 12.1 Å². The van der Waals surface area contributed by atoms with Crippen molar-refractivity contribution >= 4 is 0 Å². The number of hydrogen-bond donors (Lipinski definition) is 1. The second kappa shape index (κ2) is 4.02. The van der Waals surface area contributed by atoms with Gasteiger partial charge in [0.1, 0.15) is 0 Å². The molecule has 0 saturated carbocycles. The van der Waals surface area contributed by atoms with Gasteiger partial charge in [-0.05, 0) is 31.5 Å². The van der Waals surface area contributed by atoms with Crippen LogP contribution in [-0.4, -0.2) is 21.7 Å². The summed E-state index contributed by atoms with van der Waals surface area (Å²) < 4.78 is 5.25. The molecule has 1 N–H and O–H groups in total. The molecule has 3 heterocycles. The van der Waals surface area contributed by atoms with Crippen LogP contribution in [0.25, 0.3) is 11.4 Å². The Morgan fingerprint density at radius 3 is 3.19 bits per heavy atom. The van der Waals surface area contributed by atoms with Crippen LogP contribution in [0.5, 0.6) is 0 Å². The molecule has 0 amide bonds. The van der Waals surface area contributed by atoms with E-state index < -0.39 is 0 Å². The molecule has 0 aromatic carbocycles. The Morgan fingerprint density at radius 2 is 2.44 bits per heavy atom. The summed E-state index contributed by atoms with van der Waals surface area (Å²) in [5, 5.41) is 7.29. The van der Waals surface area contributed by atoms with Crippen LogP contribution in [0.2, 0.25) is 0 Å². The molecule has 0 spiro atoms. The molecule has 0 aliphatic carbocycles. The Kier molecular flexibility index (Phi) is 2.38. The van der Waals surface area contributed by atoms with Crippen molar-refractivity contribution in [2.75, 3.05) is 6.54 Å². The number of aromatic nitrogens is 3. The molecule has 2 aromatic rings. The number of pyridine rings is 1. The van der Waals surface area contributed by atoms with E-state index in [9.17, 15) is 0 Å². The quantitative estimate of drug-likeness (QED) is 0.825. The van der Waals surface area contributed by atoms with E-state index in [4.69, 9.17) is 4.52 Å². The van der Waals surface area contributed by atoms with Crippen molar-refractivity contribution in [1.82, 2.24) is 20.4 Å². The summed E-state index contributed by atoms with van der Waals surface area (Å²) in [5.41, 5.74) is 0.885. The van der Waals surface area contributed by atoms with Crippen molar-refractivity contribution in [3.8, 4) is 11.4 Å². The zero-order valence-corrected chi connectivity index (χ0v) is 8.76. The predicted molar refractivity (Wildman–Crippen MR) is 57.5 cm³/mol. The van der Waals surface area contributed by atoms with Gasteiger partial charge in [0.25, 0.3) is 0 Å². The van der Waals surface area contributed by atoms with Crippen LogP contribution in [-0.2, 0) is 0 Å². The van der Waals surface area contributed by atoms with Crippen LogP contribution >= 0.6 is 0 Å². The van der Waals surface area contributed by atoms with Crippen molar-refractivity contribution in [2.45, 2.75) is 18.9 Å². The molecule has 1 fully saturated rings. The molecule has 5 nitrogen and oxygen atoms in total. The minimum atomic E-state index is 0.220. The van der Waals surface area contributed by atoms with Crippen LogP contribution < -0.4 is 5.32 Å². The topological polar surface area (TPSA) is 63.8 Å². The van der Waals surface area contributed by atoms with Crippen LogP contribution in [0.15, 0.2) is 29.0 Å². The van der Waals surface area contributed by atoms with Crippen LogP contribution in [0, 0.1) is 0 Å². The van der Waals surface area contributed by atoms with E-state index in [2.05, 4.69) is 20.4 Å². The first-order chi connectivity index (χ1) is 7.93. The molecule has 1 aliphatic heterocycles. The Hall–Kier alpha value is -1.75. The zero-order chi connectivity index (χ0) is 10.8. The van der Waals surface area contributed by atoms with Gasteiger partial charge in [-0.3, -0.25) is 4.98 Å². The molecule has 16 heavy (non-hydrogen) atoms. The van der Waals surface area contributed by atoms with Gasteiger partial charge in [0.2, 0.25) is 11.7 Å². The maximum absolute atomic E-state index is 5.25. The van der Waals surface area contributed by atoms with Gasteiger partial charge in [-0.2, -0.15) is 4.98 Å². The van der Waals surface area contributed by atoms with Gasteiger partial charge in [0, 0.05) is 18.0 Å². The highest BCUT2D eigenvalue weighted by Gasteiger charge is 2.22. The van der Waals surface area contributed by atoms with E-state index in [0.29, 0.717) is 11.7 Å². The molecular formula is C11H12N4O. The highest BCUT2D eigenvalue weighted by molar-refractivity contribution is 5.51. The molecule has 0 radical (unpaired) electrons. The van der Waals surface area contributed by atoms with Crippen LogP contribution in [0.1, 0.15) is 24.8 Å². The van der Waals surface area contributed by atoms with Gasteiger partial charge in [-0.15, -0.1) is 0 Å². The smallest absolute Gasteiger partial charge is 0.244 e. The van der Waals surface area contributed by atoms with E-state index in [0.717, 1.165) is 24.9 Å². The maximum atomic E-state index is 5.25. The first-order valence-corrected chi connectivity index (χ1v) is 5.41. The fraction of sp³-hybridized carbons (Fsp3) is 0.364. The van der Waals surface area contributed by atoms with Gasteiger partial charge in [-0.1, -0.05) is 5.16 Å². The van der Waals surface area contributed by atoms with E-state index in [1.54, 1.807) is 12.4 Å². The third kappa shape index (κ3) is 1.69. The second-order valence-corrected chi connectivity index (χ2v) is 3.85. The molecule has 5 heteroatoms. The third-order valence-electron chi connectivity index (χ3n) is 2.72. The number of nitrogens with one attached hydrogen (secondary N) is 1. The second-order valence-electron chi connectivity index (χ2n) is 3.85. The first-order valence-electron chi connectivity index (χ1n) is 5.41. The van der Waals surface area contributed by atoms with Gasteiger partial charge in [-0.25, -0.2) is 0 Å². The number of hydrogen-bond acceptors (Lipinski definition) is 5. The lowest BCUT2D eigenvalue weighted by Gasteiger charge is -2.01. The molecule has 1 atom stereocenters. The lowest BCUT2D eigenvalue weighted by molar-refractivity contribution is 0.345. The number of nitrogens with zero attached hydrogens (tertiary/aromatic N) is 3. The van der Waals surface area contributed by atoms with Crippen molar-refractivity contribution in [3.63, 3.8) is 0 Å². The Labute approximate surface area is 92.9 Å². The summed E-state index contributed by atoms with van der Waals surface area (Å²) in [6.45, 7) is 1.02. The lowest BCUT2D eigenvalue weighted by Crippen LogP contribution is -2.12. The molecule has 3 rings (SSSR count). The monoisotopic (exact) mass is 216 g/mol. The number of rotatable bonds is 2. The average Bonchev–Trinajstić information content (AvgIpc) is 3.01. The van der Waals surface area contributed by atoms with E-state index >= 15 is 0 Å². The molecule has 0 bridgehead atoms. The highest BCUT2D eigenvalue weighted by Crippen LogP contribution is 2.23. The summed E-state index contributed by atoms with van der Waals surface area (Å²) in [7, 11) is 0. The molecule has 1 saturated heterocycles. The Morgan fingerprint density at radius 1 is 1.44 bits per heavy atom. The standard InChI is InChI=1S/C11H12N4O/c1-3-8(7-12-5-1)10-14-11(16-15-10)9-4-2-6-13-9/h1,3,5,7,9,13H,2,4,6H2. The fourth-order valence-electron chi connectivity index (χ4n) is 1.88. The molecular weight excluding hydrogens is 204 g/mol. The molecule has 1 aliphatic rings. The van der Waals surface area contributed by atoms with Crippen molar-refractivity contribution in [2.24, 2.45) is 0 Å². The van der Waals surface area contributed by atoms with Crippen LogP contribution in [0.3, 0.4) is 0 Å². The molecule has 2 aromatic heterocycles. The molecule has 82 valence electrons. The van der Waals surface area contributed by atoms with Crippen LogP contribution in [0.4, 0.5) is 0 Å². The minimum absolute atomic E-state index is 0.220. The summed E-state index contributed by atoms with van der Waals surface area (Å²) in [6.07, 6.45) is 5.68. The van der Waals surface area contributed by atoms with Gasteiger partial charge >= 0.3 is 0 Å². The Bertz CT molecular complexity index is 462. The summed E-state index contributed by atoms with van der Waals surface area (Å²) in [6, 6.07) is 4.00. The van der Waals surface area contributed by atoms with Gasteiger partial charge in [0.15, 0.2) is 0 Å². The predicted octanol–water partition coefficient (Wildman–Crippen LogP) is 1.56. The van der Waals surface area contributed by atoms with Gasteiger partial charge in [0.05, 0.1) is 6.04 Å². The zero-order valence-electron chi connectivity index (χ0n) is 8.76. The SMILES string of the molecule is c1cncc(-c2noc(C3CCCN3)n2)c1. The summed E-state index contributed by atoms with van der Waals surface area (Å²) in [4.78, 5) is 8.41. The summed E-state index contributed by atoms with van der Waals surface area (Å²) >= 11 is 0. The van der Waals surface area contributed by atoms with E-state index in [-0.39, 0.29) is 6.04 Å². The fourth-order valence-corrected chi connectivity index (χ4v) is 1.88. The van der Waals surface area contributed by atoms with Gasteiger partial charge < -0.3 is 9.84 Å². The normalized spacial score (nSPS) is 20.1. The average molecular weight is 216 g/mol. The van der Waals surface area contributed by atoms with Crippen molar-refractivity contribution in [3.05, 3.63) is 30.4 Å². The van der Waals surface area contributed by atoms with E-state index in [1.165, 1.54) is 0 Å². The molecule has 1 unspecified atom stereocenters. The third-order valence-corrected chi connectivity index (χ3v) is 2.72.